The first-order chi connectivity index (χ1) is 12.8. The van der Waals surface area contributed by atoms with Crippen LogP contribution in [-0.2, 0) is 16.0 Å². The van der Waals surface area contributed by atoms with Crippen LogP contribution >= 0.6 is 11.6 Å². The number of halogens is 1. The molecule has 0 aliphatic heterocycles. The second kappa shape index (κ2) is 7.63. The molecular weight excluding hydrogens is 370 g/mol. The molecule has 0 fully saturated rings. The van der Waals surface area contributed by atoms with Gasteiger partial charge in [0.1, 0.15) is 17.3 Å². The summed E-state index contributed by atoms with van der Waals surface area (Å²) >= 11 is 5.81. The summed E-state index contributed by atoms with van der Waals surface area (Å²) in [5.74, 6) is -2.85. The average molecular weight is 386 g/mol. The quantitative estimate of drug-likeness (QED) is 0.490. The van der Waals surface area contributed by atoms with Crippen molar-refractivity contribution >= 4 is 45.9 Å². The lowest BCUT2D eigenvalue weighted by Crippen LogP contribution is -2.26. The second-order valence-corrected chi connectivity index (χ2v) is 6.55. The minimum Gasteiger partial charge on any atom is -0.481 e. The molecule has 1 heterocycles. The lowest BCUT2D eigenvalue weighted by atomic mass is 9.93. The van der Waals surface area contributed by atoms with E-state index in [2.05, 4.69) is 5.32 Å². The van der Waals surface area contributed by atoms with Gasteiger partial charge in [0.05, 0.1) is 0 Å². The number of benzene rings is 2. The highest BCUT2D eigenvalue weighted by atomic mass is 35.5. The lowest BCUT2D eigenvalue weighted by Gasteiger charge is -2.10. The smallest absolute Gasteiger partial charge is 0.314 e. The van der Waals surface area contributed by atoms with Crippen molar-refractivity contribution in [3.8, 4) is 0 Å². The Morgan fingerprint density at radius 1 is 1.11 bits per heavy atom. The topological polar surface area (TPSA) is 96.6 Å². The van der Waals surface area contributed by atoms with E-state index >= 15 is 0 Å². The van der Waals surface area contributed by atoms with E-state index in [0.717, 1.165) is 5.39 Å². The predicted molar refractivity (Wildman–Crippen MR) is 101 cm³/mol. The minimum atomic E-state index is -1.28. The average Bonchev–Trinajstić information content (AvgIpc) is 3.01. The van der Waals surface area contributed by atoms with Gasteiger partial charge in [-0.15, -0.1) is 0 Å². The number of Topliss-reactive ketones (excluding diaryl/α,β-unsaturated/α-hetero) is 1. The van der Waals surface area contributed by atoms with Gasteiger partial charge in [-0.1, -0.05) is 11.6 Å². The van der Waals surface area contributed by atoms with Gasteiger partial charge in [0.15, 0.2) is 5.78 Å². The number of amides is 1. The van der Waals surface area contributed by atoms with Crippen LogP contribution in [0.2, 0.25) is 5.02 Å². The summed E-state index contributed by atoms with van der Waals surface area (Å²) < 4.78 is 5.69. The molecule has 7 heteroatoms. The molecular formula is C20H16ClNO5. The third-order valence-electron chi connectivity index (χ3n) is 4.04. The number of carboxylic acid groups (broad SMARTS) is 1. The Morgan fingerprint density at radius 3 is 2.44 bits per heavy atom. The van der Waals surface area contributed by atoms with E-state index in [-0.39, 0.29) is 17.9 Å². The van der Waals surface area contributed by atoms with Crippen molar-refractivity contribution in [2.45, 2.75) is 13.3 Å². The fourth-order valence-corrected chi connectivity index (χ4v) is 2.90. The number of fused-ring (bicyclic) bond motifs is 1. The van der Waals surface area contributed by atoms with E-state index in [1.807, 2.05) is 0 Å². The zero-order chi connectivity index (χ0) is 19.6. The summed E-state index contributed by atoms with van der Waals surface area (Å²) in [6, 6.07) is 12.9. The molecule has 0 aliphatic carbocycles. The van der Waals surface area contributed by atoms with Crippen LogP contribution in [0.1, 0.15) is 23.0 Å². The molecule has 3 aromatic rings. The first-order valence-corrected chi connectivity index (χ1v) is 8.54. The van der Waals surface area contributed by atoms with Crippen LogP contribution in [0.15, 0.2) is 52.9 Å². The van der Waals surface area contributed by atoms with Crippen molar-refractivity contribution in [2.24, 2.45) is 5.92 Å². The number of furan rings is 1. The standard InChI is InChI=1S/C20H16ClNO5/c1-11(23)22-15-7-4-13-8-16(27-18(13)9-15)10-17(20(25)26)19(24)12-2-5-14(21)6-3-12/h2-9,17H,10H2,1H3,(H,22,23)(H,25,26). The monoisotopic (exact) mass is 385 g/mol. The molecule has 138 valence electrons. The Balaban J connectivity index is 1.85. The highest BCUT2D eigenvalue weighted by Crippen LogP contribution is 2.26. The Labute approximate surface area is 159 Å². The number of anilines is 1. The van der Waals surface area contributed by atoms with Crippen molar-refractivity contribution in [1.29, 1.82) is 0 Å². The molecule has 0 saturated carbocycles. The SMILES string of the molecule is CC(=O)Nc1ccc2cc(CC(C(=O)O)C(=O)c3ccc(Cl)cc3)oc2c1. The number of hydrogen-bond acceptors (Lipinski definition) is 4. The normalized spacial score (nSPS) is 11.9. The van der Waals surface area contributed by atoms with Crippen LogP contribution in [0.4, 0.5) is 5.69 Å². The molecule has 1 unspecified atom stereocenters. The number of aliphatic carboxylic acids is 1. The molecule has 0 bridgehead atoms. The van der Waals surface area contributed by atoms with Gasteiger partial charge in [0, 0.05) is 41.1 Å². The fourth-order valence-electron chi connectivity index (χ4n) is 2.78. The highest BCUT2D eigenvalue weighted by Gasteiger charge is 2.29. The summed E-state index contributed by atoms with van der Waals surface area (Å²) in [7, 11) is 0. The third-order valence-corrected chi connectivity index (χ3v) is 4.29. The summed E-state index contributed by atoms with van der Waals surface area (Å²) in [4.78, 5) is 35.4. The third kappa shape index (κ3) is 4.35. The lowest BCUT2D eigenvalue weighted by molar-refractivity contribution is -0.140. The summed E-state index contributed by atoms with van der Waals surface area (Å²) in [5.41, 5.74) is 1.35. The van der Waals surface area contributed by atoms with E-state index < -0.39 is 17.7 Å². The molecule has 1 amide bonds. The summed E-state index contributed by atoms with van der Waals surface area (Å²) in [6.07, 6.45) is -0.0824. The second-order valence-electron chi connectivity index (χ2n) is 6.11. The predicted octanol–water partition coefficient (Wildman–Crippen LogP) is 4.17. The van der Waals surface area contributed by atoms with E-state index in [1.165, 1.54) is 19.1 Å². The Kier molecular flexibility index (Phi) is 5.28. The largest absolute Gasteiger partial charge is 0.481 e. The molecule has 3 rings (SSSR count). The van der Waals surface area contributed by atoms with Crippen molar-refractivity contribution in [3.63, 3.8) is 0 Å². The maximum Gasteiger partial charge on any atom is 0.314 e. The number of carbonyl (C=O) groups is 3. The van der Waals surface area contributed by atoms with Gasteiger partial charge in [0.25, 0.3) is 0 Å². The molecule has 0 saturated heterocycles. The number of carboxylic acids is 1. The van der Waals surface area contributed by atoms with Crippen LogP contribution < -0.4 is 5.32 Å². The van der Waals surface area contributed by atoms with Gasteiger partial charge in [0.2, 0.25) is 5.91 Å². The van der Waals surface area contributed by atoms with Gasteiger partial charge < -0.3 is 14.8 Å². The summed E-state index contributed by atoms with van der Waals surface area (Å²) in [5, 5.41) is 13.4. The Hall–Kier alpha value is -3.12. The highest BCUT2D eigenvalue weighted by molar-refractivity contribution is 6.30. The number of hydrogen-bond donors (Lipinski definition) is 2. The van der Waals surface area contributed by atoms with Crippen LogP contribution in [0.5, 0.6) is 0 Å². The molecule has 6 nitrogen and oxygen atoms in total. The number of carbonyl (C=O) groups excluding carboxylic acids is 2. The first-order valence-electron chi connectivity index (χ1n) is 8.16. The molecule has 0 aliphatic rings. The zero-order valence-electron chi connectivity index (χ0n) is 14.4. The Bertz CT molecular complexity index is 1020. The van der Waals surface area contributed by atoms with Gasteiger partial charge in [-0.3, -0.25) is 14.4 Å². The van der Waals surface area contributed by atoms with Crippen molar-refractivity contribution in [3.05, 3.63) is 64.9 Å². The molecule has 1 atom stereocenters. The molecule has 2 aromatic carbocycles. The molecule has 2 N–H and O–H groups in total. The minimum absolute atomic E-state index is 0.0824. The maximum atomic E-state index is 12.6. The van der Waals surface area contributed by atoms with E-state index in [9.17, 15) is 19.5 Å². The molecule has 1 aromatic heterocycles. The van der Waals surface area contributed by atoms with E-state index in [0.29, 0.717) is 22.1 Å². The molecule has 0 radical (unpaired) electrons. The van der Waals surface area contributed by atoms with Crippen molar-refractivity contribution < 1.29 is 23.9 Å². The van der Waals surface area contributed by atoms with Crippen LogP contribution in [-0.4, -0.2) is 22.8 Å². The van der Waals surface area contributed by atoms with E-state index in [4.69, 9.17) is 16.0 Å². The zero-order valence-corrected chi connectivity index (χ0v) is 15.1. The summed E-state index contributed by atoms with van der Waals surface area (Å²) in [6.45, 7) is 1.40. The number of ketones is 1. The fraction of sp³-hybridized carbons (Fsp3) is 0.150. The van der Waals surface area contributed by atoms with Gasteiger partial charge in [-0.05, 0) is 42.5 Å². The molecule has 27 heavy (non-hydrogen) atoms. The van der Waals surface area contributed by atoms with Crippen LogP contribution in [0, 0.1) is 5.92 Å². The maximum absolute atomic E-state index is 12.6. The van der Waals surface area contributed by atoms with Gasteiger partial charge in [-0.2, -0.15) is 0 Å². The van der Waals surface area contributed by atoms with Gasteiger partial charge in [-0.25, -0.2) is 0 Å². The van der Waals surface area contributed by atoms with E-state index in [1.54, 1.807) is 36.4 Å². The number of rotatable bonds is 6. The first kappa shape index (κ1) is 18.7. The number of nitrogens with one attached hydrogen (secondary N) is 1. The van der Waals surface area contributed by atoms with Crippen LogP contribution in [0.25, 0.3) is 11.0 Å². The Morgan fingerprint density at radius 2 is 1.81 bits per heavy atom. The van der Waals surface area contributed by atoms with Crippen molar-refractivity contribution in [1.82, 2.24) is 0 Å². The van der Waals surface area contributed by atoms with Crippen LogP contribution in [0.3, 0.4) is 0 Å². The van der Waals surface area contributed by atoms with Gasteiger partial charge >= 0.3 is 5.97 Å². The molecule has 0 spiro atoms. The van der Waals surface area contributed by atoms with Crippen molar-refractivity contribution in [2.75, 3.05) is 5.32 Å².